The number of hydrogen-bond donors (Lipinski definition) is 1. The average molecular weight is 507 g/mol. The zero-order valence-corrected chi connectivity index (χ0v) is 19.0. The molecule has 0 aliphatic carbocycles. The second-order valence-corrected chi connectivity index (χ2v) is 8.20. The molecule has 36 heavy (non-hydrogen) atoms. The van der Waals surface area contributed by atoms with Gasteiger partial charge in [-0.05, 0) is 59.5 Å². The normalized spacial score (nSPS) is 14.3. The van der Waals surface area contributed by atoms with Crippen LogP contribution in [-0.4, -0.2) is 13.1 Å². The summed E-state index contributed by atoms with van der Waals surface area (Å²) in [5.74, 6) is -0.591. The Hall–Kier alpha value is -3.46. The molecule has 0 amide bonds. The van der Waals surface area contributed by atoms with E-state index in [0.717, 1.165) is 17.7 Å². The third-order valence-electron chi connectivity index (χ3n) is 5.77. The molecule has 1 N–H and O–H groups in total. The highest BCUT2D eigenvalue weighted by Crippen LogP contribution is 2.38. The van der Waals surface area contributed by atoms with Crippen molar-refractivity contribution < 1.29 is 35.8 Å². The molecule has 190 valence electrons. The first-order valence-corrected chi connectivity index (χ1v) is 11.2. The second kappa shape index (κ2) is 10.7. The van der Waals surface area contributed by atoms with E-state index in [0.29, 0.717) is 36.2 Å². The maximum absolute atomic E-state index is 13.4. The highest BCUT2D eigenvalue weighted by Gasteiger charge is 2.35. The molecule has 0 bridgehead atoms. The van der Waals surface area contributed by atoms with Gasteiger partial charge in [-0.3, -0.25) is 0 Å². The lowest BCUT2D eigenvalue weighted by molar-refractivity contribution is -0.139. The molecule has 4 rings (SSSR count). The summed E-state index contributed by atoms with van der Waals surface area (Å²) >= 11 is 0. The van der Waals surface area contributed by atoms with Crippen molar-refractivity contribution in [1.82, 2.24) is 5.32 Å². The molecule has 1 aliphatic rings. The Morgan fingerprint density at radius 1 is 0.667 bits per heavy atom. The lowest BCUT2D eigenvalue weighted by Crippen LogP contribution is -2.21. The second-order valence-electron chi connectivity index (χ2n) is 8.20. The van der Waals surface area contributed by atoms with Gasteiger partial charge in [0, 0.05) is 6.54 Å². The Balaban J connectivity index is 1.65. The highest BCUT2D eigenvalue weighted by molar-refractivity contribution is 5.72. The summed E-state index contributed by atoms with van der Waals surface area (Å²) in [4.78, 5) is 0. The third kappa shape index (κ3) is 6.02. The van der Waals surface area contributed by atoms with Crippen molar-refractivity contribution in [3.05, 3.63) is 101 Å². The van der Waals surface area contributed by atoms with E-state index < -0.39 is 23.5 Å². The van der Waals surface area contributed by atoms with Crippen LogP contribution in [0.25, 0.3) is 5.57 Å². The molecule has 0 saturated heterocycles. The lowest BCUT2D eigenvalue weighted by Gasteiger charge is -2.22. The van der Waals surface area contributed by atoms with Gasteiger partial charge in [-0.2, -0.15) is 26.3 Å². The molecule has 0 radical (unpaired) electrons. The van der Waals surface area contributed by atoms with Crippen molar-refractivity contribution in [1.29, 1.82) is 0 Å². The van der Waals surface area contributed by atoms with Gasteiger partial charge in [-0.15, -0.1) is 0 Å². The quantitative estimate of drug-likeness (QED) is 0.342. The summed E-state index contributed by atoms with van der Waals surface area (Å²) in [5, 5.41) is 3.20. The first-order chi connectivity index (χ1) is 17.1. The standard InChI is InChI=1S/C27H23F6NO2/c28-26(29,30)21-8-1-3-10-23(21)35-16-19-6-5-7-20(25(19)18-12-14-34-15-13-18)17-36-24-11-4-2-9-22(24)27(31,32)33/h1-12,34H,13-17H2. The minimum atomic E-state index is -4.57. The maximum atomic E-state index is 13.4. The first-order valence-electron chi connectivity index (χ1n) is 11.2. The molecular weight excluding hydrogens is 484 g/mol. The van der Waals surface area contributed by atoms with Crippen LogP contribution >= 0.6 is 0 Å². The lowest BCUT2D eigenvalue weighted by atomic mass is 9.91. The third-order valence-corrected chi connectivity index (χ3v) is 5.77. The SMILES string of the molecule is FC(F)(F)c1ccccc1OCc1cccc(COc2ccccc2C(F)(F)F)c1C1=CCNCC1. The van der Waals surface area contributed by atoms with Gasteiger partial charge in [0.25, 0.3) is 0 Å². The van der Waals surface area contributed by atoms with E-state index in [1.165, 1.54) is 36.4 Å². The van der Waals surface area contributed by atoms with E-state index >= 15 is 0 Å². The van der Waals surface area contributed by atoms with E-state index in [2.05, 4.69) is 5.32 Å². The van der Waals surface area contributed by atoms with Crippen LogP contribution in [0, 0.1) is 0 Å². The van der Waals surface area contributed by atoms with Crippen molar-refractivity contribution in [3.63, 3.8) is 0 Å². The Bertz CT molecular complexity index is 1150. The number of halogens is 6. The van der Waals surface area contributed by atoms with Gasteiger partial charge in [0.1, 0.15) is 24.7 Å². The van der Waals surface area contributed by atoms with Gasteiger partial charge in [0.2, 0.25) is 0 Å². The molecule has 3 aromatic rings. The van der Waals surface area contributed by atoms with Gasteiger partial charge in [-0.25, -0.2) is 0 Å². The van der Waals surface area contributed by atoms with Crippen LogP contribution in [0.1, 0.15) is 34.2 Å². The van der Waals surface area contributed by atoms with Crippen molar-refractivity contribution in [2.24, 2.45) is 0 Å². The number of hydrogen-bond acceptors (Lipinski definition) is 3. The summed E-state index contributed by atoms with van der Waals surface area (Å²) in [7, 11) is 0. The molecule has 0 aromatic heterocycles. The highest BCUT2D eigenvalue weighted by atomic mass is 19.4. The van der Waals surface area contributed by atoms with Gasteiger partial charge in [0.15, 0.2) is 0 Å². The van der Waals surface area contributed by atoms with Gasteiger partial charge < -0.3 is 14.8 Å². The molecule has 1 aliphatic heterocycles. The number of ether oxygens (including phenoxy) is 2. The van der Waals surface area contributed by atoms with Gasteiger partial charge >= 0.3 is 12.4 Å². The Morgan fingerprint density at radius 3 is 1.61 bits per heavy atom. The topological polar surface area (TPSA) is 30.5 Å². The molecule has 0 fully saturated rings. The van der Waals surface area contributed by atoms with Crippen LogP contribution < -0.4 is 14.8 Å². The largest absolute Gasteiger partial charge is 0.488 e. The van der Waals surface area contributed by atoms with Crippen LogP contribution in [-0.2, 0) is 25.6 Å². The van der Waals surface area contributed by atoms with E-state index in [9.17, 15) is 26.3 Å². The molecule has 0 saturated carbocycles. The molecular formula is C27H23F6NO2. The number of nitrogens with one attached hydrogen (secondary N) is 1. The van der Waals surface area contributed by atoms with Crippen LogP contribution in [0.2, 0.25) is 0 Å². The summed E-state index contributed by atoms with van der Waals surface area (Å²) in [6.45, 7) is 0.980. The maximum Gasteiger partial charge on any atom is 0.419 e. The molecule has 0 atom stereocenters. The van der Waals surface area contributed by atoms with Crippen molar-refractivity contribution in [2.45, 2.75) is 32.0 Å². The van der Waals surface area contributed by atoms with Gasteiger partial charge in [-0.1, -0.05) is 48.5 Å². The molecule has 3 aromatic carbocycles. The van der Waals surface area contributed by atoms with Crippen LogP contribution in [0.5, 0.6) is 11.5 Å². The summed E-state index contributed by atoms with van der Waals surface area (Å²) < 4.78 is 91.6. The molecule has 9 heteroatoms. The molecule has 3 nitrogen and oxygen atoms in total. The molecule has 0 unspecified atom stereocenters. The van der Waals surface area contributed by atoms with E-state index in [-0.39, 0.29) is 24.7 Å². The average Bonchev–Trinajstić information content (AvgIpc) is 2.86. The van der Waals surface area contributed by atoms with E-state index in [1.54, 1.807) is 18.2 Å². The fourth-order valence-corrected chi connectivity index (χ4v) is 4.12. The monoisotopic (exact) mass is 507 g/mol. The zero-order valence-electron chi connectivity index (χ0n) is 19.0. The fourth-order valence-electron chi connectivity index (χ4n) is 4.12. The van der Waals surface area contributed by atoms with Crippen molar-refractivity contribution in [3.8, 4) is 11.5 Å². The number of rotatable bonds is 7. The van der Waals surface area contributed by atoms with Gasteiger partial charge in [0.05, 0.1) is 11.1 Å². The summed E-state index contributed by atoms with van der Waals surface area (Å²) in [5.41, 5.74) is 1.12. The predicted octanol–water partition coefficient (Wildman–Crippen LogP) is 7.26. The minimum absolute atomic E-state index is 0.153. The van der Waals surface area contributed by atoms with E-state index in [4.69, 9.17) is 9.47 Å². The Labute approximate surface area is 204 Å². The predicted molar refractivity (Wildman–Crippen MR) is 123 cm³/mol. The first kappa shape index (κ1) is 25.6. The Kier molecular flexibility index (Phi) is 7.59. The smallest absolute Gasteiger partial charge is 0.419 e. The fraction of sp³-hybridized carbons (Fsp3) is 0.259. The molecule has 0 spiro atoms. The number of para-hydroxylation sites is 2. The zero-order chi connectivity index (χ0) is 25.8. The molecule has 1 heterocycles. The van der Waals surface area contributed by atoms with Crippen LogP contribution in [0.4, 0.5) is 26.3 Å². The van der Waals surface area contributed by atoms with E-state index in [1.807, 2.05) is 6.08 Å². The van der Waals surface area contributed by atoms with Crippen LogP contribution in [0.3, 0.4) is 0 Å². The number of benzene rings is 3. The number of alkyl halides is 6. The van der Waals surface area contributed by atoms with Crippen molar-refractivity contribution in [2.75, 3.05) is 13.1 Å². The Morgan fingerprint density at radius 2 is 1.17 bits per heavy atom. The van der Waals surface area contributed by atoms with Crippen molar-refractivity contribution >= 4 is 5.57 Å². The summed E-state index contributed by atoms with van der Waals surface area (Å²) in [6, 6.07) is 15.1. The summed E-state index contributed by atoms with van der Waals surface area (Å²) in [6.07, 6.45) is -6.54. The van der Waals surface area contributed by atoms with Crippen LogP contribution in [0.15, 0.2) is 72.8 Å². The minimum Gasteiger partial charge on any atom is -0.488 e.